The summed E-state index contributed by atoms with van der Waals surface area (Å²) in [6.07, 6.45) is -3.59. The van der Waals surface area contributed by atoms with E-state index in [0.717, 1.165) is 6.07 Å². The van der Waals surface area contributed by atoms with E-state index >= 15 is 0 Å². The molecule has 0 fully saturated rings. The molecule has 3 rings (SSSR count). The van der Waals surface area contributed by atoms with Crippen molar-refractivity contribution in [2.24, 2.45) is 5.10 Å². The van der Waals surface area contributed by atoms with Crippen molar-refractivity contribution in [1.82, 2.24) is 5.43 Å². The summed E-state index contributed by atoms with van der Waals surface area (Å²) < 4.78 is 79.7. The van der Waals surface area contributed by atoms with E-state index in [2.05, 4.69) is 10.5 Å². The number of amides is 1. The van der Waals surface area contributed by atoms with Gasteiger partial charge >= 0.3 is 6.18 Å². The van der Waals surface area contributed by atoms with E-state index in [1.165, 1.54) is 54.7 Å². The molecule has 0 saturated heterocycles. The summed E-state index contributed by atoms with van der Waals surface area (Å²) in [5.74, 6) is -1.42. The van der Waals surface area contributed by atoms with E-state index in [-0.39, 0.29) is 9.92 Å². The number of hydrogen-bond donors (Lipinski definition) is 1. The second kappa shape index (κ2) is 10.2. The molecule has 0 aliphatic rings. The Hall–Kier alpha value is -3.44. The Kier molecular flexibility index (Phi) is 7.57. The van der Waals surface area contributed by atoms with E-state index in [1.807, 2.05) is 0 Å². The van der Waals surface area contributed by atoms with Gasteiger partial charge in [0.15, 0.2) is 0 Å². The zero-order valence-corrected chi connectivity index (χ0v) is 18.7. The molecular formula is C22H16ClF4N3O3S. The van der Waals surface area contributed by atoms with Crippen molar-refractivity contribution in [3.8, 4) is 0 Å². The maximum atomic E-state index is 13.3. The van der Waals surface area contributed by atoms with Crippen LogP contribution in [-0.2, 0) is 21.0 Å². The lowest BCUT2D eigenvalue weighted by molar-refractivity contribution is -0.137. The number of benzene rings is 3. The lowest BCUT2D eigenvalue weighted by Crippen LogP contribution is -2.40. The number of alkyl halides is 3. The van der Waals surface area contributed by atoms with Crippen LogP contribution in [0.15, 0.2) is 82.8 Å². The maximum absolute atomic E-state index is 13.3. The fourth-order valence-electron chi connectivity index (χ4n) is 2.79. The van der Waals surface area contributed by atoms with Gasteiger partial charge in [-0.25, -0.2) is 18.2 Å². The Morgan fingerprint density at radius 1 is 1.03 bits per heavy atom. The molecule has 178 valence electrons. The largest absolute Gasteiger partial charge is 0.416 e. The molecule has 3 aromatic carbocycles. The van der Waals surface area contributed by atoms with E-state index in [9.17, 15) is 30.8 Å². The van der Waals surface area contributed by atoms with Gasteiger partial charge in [0.1, 0.15) is 12.4 Å². The van der Waals surface area contributed by atoms with Crippen molar-refractivity contribution >= 4 is 39.4 Å². The number of hydrazone groups is 1. The summed E-state index contributed by atoms with van der Waals surface area (Å²) in [6.45, 7) is -0.918. The van der Waals surface area contributed by atoms with Gasteiger partial charge in [-0.1, -0.05) is 41.9 Å². The first-order valence-electron chi connectivity index (χ1n) is 9.50. The molecule has 0 atom stereocenters. The number of rotatable bonds is 7. The SMILES string of the molecule is O=C(CN(c1cc(C(F)(F)F)ccc1Cl)S(=O)(=O)c1ccccc1)N/N=C/c1ccc(F)cc1. The fraction of sp³-hybridized carbons (Fsp3) is 0.0909. The fourth-order valence-corrected chi connectivity index (χ4v) is 4.52. The van der Waals surface area contributed by atoms with E-state index in [1.54, 1.807) is 6.07 Å². The highest BCUT2D eigenvalue weighted by atomic mass is 35.5. The molecule has 1 amide bonds. The third-order valence-electron chi connectivity index (χ3n) is 4.43. The Morgan fingerprint density at radius 3 is 2.29 bits per heavy atom. The van der Waals surface area contributed by atoms with Crippen molar-refractivity contribution in [3.63, 3.8) is 0 Å². The maximum Gasteiger partial charge on any atom is 0.416 e. The Balaban J connectivity index is 1.94. The first-order valence-corrected chi connectivity index (χ1v) is 11.3. The summed E-state index contributed by atoms with van der Waals surface area (Å²) in [6, 6.07) is 14.1. The molecule has 0 spiro atoms. The number of carbonyl (C=O) groups excluding carboxylic acids is 1. The van der Waals surface area contributed by atoms with E-state index < -0.39 is 45.7 Å². The standard InChI is InChI=1S/C22H16ClF4N3O3S/c23-19-11-8-16(22(25,26)27)12-20(19)30(34(32,33)18-4-2-1-3-5-18)14-21(31)29-28-13-15-6-9-17(24)10-7-15/h1-13H,14H2,(H,29,31)/b28-13+. The van der Waals surface area contributed by atoms with Crippen molar-refractivity contribution in [1.29, 1.82) is 0 Å². The second-order valence-corrected chi connectivity index (χ2v) is 9.10. The molecule has 0 bridgehead atoms. The molecule has 0 unspecified atom stereocenters. The van der Waals surface area contributed by atoms with Crippen LogP contribution < -0.4 is 9.73 Å². The molecule has 0 radical (unpaired) electrons. The summed E-state index contributed by atoms with van der Waals surface area (Å²) in [7, 11) is -4.49. The van der Waals surface area contributed by atoms with Gasteiger partial charge in [0.05, 0.1) is 27.4 Å². The van der Waals surface area contributed by atoms with Gasteiger partial charge in [0, 0.05) is 0 Å². The minimum absolute atomic E-state index is 0.258. The van der Waals surface area contributed by atoms with Crippen molar-refractivity contribution in [3.05, 3.63) is 94.8 Å². The van der Waals surface area contributed by atoms with Crippen LogP contribution in [0.1, 0.15) is 11.1 Å². The summed E-state index contributed by atoms with van der Waals surface area (Å²) >= 11 is 6.05. The van der Waals surface area contributed by atoms with Gasteiger partial charge in [-0.15, -0.1) is 0 Å². The van der Waals surface area contributed by atoms with Crippen LogP contribution in [0.5, 0.6) is 0 Å². The first kappa shape index (κ1) is 25.2. The number of anilines is 1. The van der Waals surface area contributed by atoms with Gasteiger partial charge in [-0.05, 0) is 48.0 Å². The van der Waals surface area contributed by atoms with Crippen LogP contribution >= 0.6 is 11.6 Å². The molecule has 0 aliphatic heterocycles. The van der Waals surface area contributed by atoms with Crippen LogP contribution in [-0.4, -0.2) is 27.1 Å². The number of sulfonamides is 1. The van der Waals surface area contributed by atoms with Crippen molar-refractivity contribution in [2.45, 2.75) is 11.1 Å². The normalized spacial score (nSPS) is 12.0. The Bertz CT molecular complexity index is 1300. The van der Waals surface area contributed by atoms with Crippen LogP contribution in [0.2, 0.25) is 5.02 Å². The topological polar surface area (TPSA) is 78.8 Å². The highest BCUT2D eigenvalue weighted by Crippen LogP contribution is 2.37. The van der Waals surface area contributed by atoms with E-state index in [0.29, 0.717) is 22.0 Å². The minimum atomic E-state index is -4.77. The van der Waals surface area contributed by atoms with Gasteiger partial charge in [0.2, 0.25) is 0 Å². The third-order valence-corrected chi connectivity index (χ3v) is 6.53. The zero-order chi connectivity index (χ0) is 24.9. The van der Waals surface area contributed by atoms with Crippen molar-refractivity contribution in [2.75, 3.05) is 10.8 Å². The monoisotopic (exact) mass is 513 g/mol. The molecule has 1 N–H and O–H groups in total. The van der Waals surface area contributed by atoms with Gasteiger partial charge in [-0.2, -0.15) is 18.3 Å². The molecule has 0 aliphatic carbocycles. The molecule has 3 aromatic rings. The highest BCUT2D eigenvalue weighted by Gasteiger charge is 2.34. The average molecular weight is 514 g/mol. The number of hydrogen-bond acceptors (Lipinski definition) is 4. The molecule has 34 heavy (non-hydrogen) atoms. The smallest absolute Gasteiger partial charge is 0.271 e. The molecular weight excluding hydrogens is 498 g/mol. The quantitative estimate of drug-likeness (QED) is 0.279. The highest BCUT2D eigenvalue weighted by molar-refractivity contribution is 7.92. The number of nitrogens with zero attached hydrogens (tertiary/aromatic N) is 2. The molecule has 6 nitrogen and oxygen atoms in total. The zero-order valence-electron chi connectivity index (χ0n) is 17.1. The van der Waals surface area contributed by atoms with Crippen molar-refractivity contribution < 1.29 is 30.8 Å². The number of nitrogens with one attached hydrogen (secondary N) is 1. The summed E-state index contributed by atoms with van der Waals surface area (Å²) in [4.78, 5) is 12.2. The number of halogens is 5. The second-order valence-electron chi connectivity index (χ2n) is 6.83. The molecule has 0 aromatic heterocycles. The van der Waals surface area contributed by atoms with Gasteiger partial charge in [0.25, 0.3) is 15.9 Å². The predicted molar refractivity (Wildman–Crippen MR) is 120 cm³/mol. The third kappa shape index (κ3) is 6.12. The van der Waals surface area contributed by atoms with Gasteiger partial charge < -0.3 is 0 Å². The predicted octanol–water partition coefficient (Wildman–Crippen LogP) is 4.84. The van der Waals surface area contributed by atoms with Crippen LogP contribution in [0, 0.1) is 5.82 Å². The molecule has 12 heteroatoms. The summed E-state index contributed by atoms with van der Waals surface area (Å²) in [5.41, 5.74) is 0.867. The number of carbonyl (C=O) groups is 1. The molecule has 0 saturated carbocycles. The van der Waals surface area contributed by atoms with Crippen LogP contribution in [0.3, 0.4) is 0 Å². The van der Waals surface area contributed by atoms with E-state index in [4.69, 9.17) is 11.6 Å². The Morgan fingerprint density at radius 2 is 1.68 bits per heavy atom. The lowest BCUT2D eigenvalue weighted by atomic mass is 10.2. The lowest BCUT2D eigenvalue weighted by Gasteiger charge is -2.25. The molecule has 0 heterocycles. The first-order chi connectivity index (χ1) is 16.0. The average Bonchev–Trinajstić information content (AvgIpc) is 2.79. The summed E-state index contributed by atoms with van der Waals surface area (Å²) in [5, 5.41) is 3.36. The minimum Gasteiger partial charge on any atom is -0.271 e. The van der Waals surface area contributed by atoms with Gasteiger partial charge in [-0.3, -0.25) is 9.10 Å². The Labute approximate surface area is 197 Å². The van der Waals surface area contributed by atoms with Crippen LogP contribution in [0.25, 0.3) is 0 Å². The van der Waals surface area contributed by atoms with Crippen LogP contribution in [0.4, 0.5) is 23.2 Å².